The monoisotopic (exact) mass is 1800 g/mol. The lowest BCUT2D eigenvalue weighted by Crippen LogP contribution is -2.45. The average Bonchev–Trinajstić information content (AvgIpc) is 0.789. The van der Waals surface area contributed by atoms with Gasteiger partial charge in [-0.15, -0.1) is 0 Å². The van der Waals surface area contributed by atoms with Crippen LogP contribution in [0.15, 0.2) is 261 Å². The fourth-order valence-corrected chi connectivity index (χ4v) is 21.2. The number of hydrogen-bond acceptors (Lipinski definition) is 14. The second kappa shape index (κ2) is 48.9. The van der Waals surface area contributed by atoms with Crippen molar-refractivity contribution in [1.29, 1.82) is 0 Å². The van der Waals surface area contributed by atoms with E-state index in [1.807, 2.05) is 66.7 Å². The Labute approximate surface area is 790 Å². The molecular formula is C116H155F2N5O9. The van der Waals surface area contributed by atoms with Crippen molar-refractivity contribution in [2.24, 2.45) is 0 Å². The van der Waals surface area contributed by atoms with Crippen molar-refractivity contribution in [2.45, 2.75) is 267 Å². The molecule has 0 saturated carbocycles. The lowest BCUT2D eigenvalue weighted by Gasteiger charge is -2.46. The van der Waals surface area contributed by atoms with Gasteiger partial charge in [-0.05, 0) is 328 Å². The Balaban J connectivity index is 0.000000159. The van der Waals surface area contributed by atoms with Crippen molar-refractivity contribution >= 4 is 0 Å². The van der Waals surface area contributed by atoms with Crippen LogP contribution < -0.4 is 45.5 Å². The van der Waals surface area contributed by atoms with Crippen LogP contribution in [0.2, 0.25) is 0 Å². The molecule has 0 aliphatic carbocycles. The van der Waals surface area contributed by atoms with Gasteiger partial charge < -0.3 is 69.2 Å². The van der Waals surface area contributed by atoms with Gasteiger partial charge in [-0.25, -0.2) is 8.78 Å². The predicted molar refractivity (Wildman–Crippen MR) is 536 cm³/mol. The molecule has 5 N–H and O–H groups in total. The Morgan fingerprint density at radius 2 is 0.568 bits per heavy atom. The highest BCUT2D eigenvalue weighted by Crippen LogP contribution is 2.50. The van der Waals surface area contributed by atoms with Crippen molar-refractivity contribution in [2.75, 3.05) is 94.2 Å². The minimum absolute atomic E-state index is 0.0162. The van der Waals surface area contributed by atoms with Gasteiger partial charge in [-0.1, -0.05) is 206 Å². The van der Waals surface area contributed by atoms with E-state index in [1.54, 1.807) is 52.7 Å². The molecule has 5 saturated heterocycles. The summed E-state index contributed by atoms with van der Waals surface area (Å²) in [6.45, 7) is 38.5. The number of ether oxygens (including phenoxy) is 9. The molecule has 6 atom stereocenters. The number of hydrogen-bond donors (Lipinski definition) is 5. The maximum atomic E-state index is 13.4. The molecule has 5 heterocycles. The summed E-state index contributed by atoms with van der Waals surface area (Å²) in [4.78, 5) is 0. The number of rotatable bonds is 34. The molecular weight excluding hydrogens is 1650 g/mol. The molecule has 0 radical (unpaired) electrons. The summed E-state index contributed by atoms with van der Waals surface area (Å²) in [6.07, 6.45) is 15.7. The predicted octanol–water partition coefficient (Wildman–Crippen LogP) is 24.6. The van der Waals surface area contributed by atoms with Crippen LogP contribution in [0.4, 0.5) is 8.78 Å². The summed E-state index contributed by atoms with van der Waals surface area (Å²) in [5.74, 6) is 2.96. The van der Waals surface area contributed by atoms with Gasteiger partial charge in [0.15, 0.2) is 11.5 Å². The minimum atomic E-state index is -0.183. The van der Waals surface area contributed by atoms with E-state index >= 15 is 0 Å². The third-order valence-corrected chi connectivity index (χ3v) is 27.9. The summed E-state index contributed by atoms with van der Waals surface area (Å²) in [6, 6.07) is 89.2. The van der Waals surface area contributed by atoms with Gasteiger partial charge in [0.1, 0.15) is 23.1 Å². The maximum Gasteiger partial charge on any atom is 0.161 e. The number of nitrogens with one attached hydrogen (secondary N) is 5. The van der Waals surface area contributed by atoms with Crippen LogP contribution in [0, 0.1) is 18.6 Å². The van der Waals surface area contributed by atoms with Crippen molar-refractivity contribution < 1.29 is 51.4 Å². The van der Waals surface area contributed by atoms with E-state index < -0.39 is 0 Å². The van der Waals surface area contributed by atoms with Crippen LogP contribution in [0.1, 0.15) is 240 Å². The zero-order valence-corrected chi connectivity index (χ0v) is 82.3. The second-order valence-electron chi connectivity index (χ2n) is 40.6. The smallest absolute Gasteiger partial charge is 0.161 e. The Bertz CT molecular complexity index is 4990. The van der Waals surface area contributed by atoms with Crippen LogP contribution in [-0.2, 0) is 76.9 Å². The summed E-state index contributed by atoms with van der Waals surface area (Å²) in [7, 11) is 6.71. The van der Waals surface area contributed by atoms with Crippen LogP contribution in [0.25, 0.3) is 0 Å². The minimum Gasteiger partial charge on any atom is -0.497 e. The fourth-order valence-electron chi connectivity index (χ4n) is 21.2. The van der Waals surface area contributed by atoms with E-state index in [0.29, 0.717) is 6.04 Å². The molecule has 5 aliphatic heterocycles. The first-order valence-electron chi connectivity index (χ1n) is 48.4. The molecule has 712 valence electrons. The van der Waals surface area contributed by atoms with E-state index in [4.69, 9.17) is 42.6 Å². The first-order chi connectivity index (χ1) is 63.3. The van der Waals surface area contributed by atoms with Crippen molar-refractivity contribution in [3.63, 3.8) is 0 Å². The molecule has 6 unspecified atom stereocenters. The van der Waals surface area contributed by atoms with Gasteiger partial charge >= 0.3 is 0 Å². The fraction of sp³-hybridized carbons (Fsp3) is 0.483. The van der Waals surface area contributed by atoms with Gasteiger partial charge in [0.05, 0.1) is 56.4 Å². The molecule has 5 aliphatic rings. The van der Waals surface area contributed by atoms with Crippen LogP contribution in [-0.4, -0.2) is 122 Å². The van der Waals surface area contributed by atoms with E-state index in [9.17, 15) is 8.78 Å². The molecule has 0 amide bonds. The zero-order chi connectivity index (χ0) is 94.2. The van der Waals surface area contributed by atoms with Gasteiger partial charge in [0.2, 0.25) is 0 Å². The molecule has 0 bridgehead atoms. The highest BCUT2D eigenvalue weighted by molar-refractivity contribution is 5.43. The lowest BCUT2D eigenvalue weighted by molar-refractivity contribution is -0.0844. The Morgan fingerprint density at radius 1 is 0.295 bits per heavy atom. The number of halogens is 2. The van der Waals surface area contributed by atoms with Crippen LogP contribution in [0.5, 0.6) is 23.0 Å². The van der Waals surface area contributed by atoms with Crippen molar-refractivity contribution in [3.8, 4) is 23.0 Å². The first-order valence-corrected chi connectivity index (χ1v) is 48.4. The molecule has 5 fully saturated rings. The number of benzene rings is 10. The van der Waals surface area contributed by atoms with Gasteiger partial charge in [0.25, 0.3) is 0 Å². The Hall–Kier alpha value is -9.14. The Kier molecular flexibility index (Phi) is 38.3. The van der Waals surface area contributed by atoms with E-state index in [2.05, 4.69) is 280 Å². The highest BCUT2D eigenvalue weighted by Gasteiger charge is 2.47. The normalized spacial score (nSPS) is 22.3. The van der Waals surface area contributed by atoms with Gasteiger partial charge in [-0.2, -0.15) is 0 Å². The van der Waals surface area contributed by atoms with Gasteiger partial charge in [-0.3, -0.25) is 0 Å². The standard InChI is InChI=1S/C24H33NO3.C24H33NO.C23H30FNO2.C23H31NO2.C22H28FNO/c1-23(2)18-24(13-15-28-23,20-8-6-5-7-9-20)12-14-25-17-19-10-11-21(26-3)22(16-19)27-4;1-19-10-12-22(13-11-19)24(15-17-26-23(3,4)18-24)14-16-25-20(2)21-8-6-5-7-9-21;1-22(2)17-23(13-15-27-22,19-6-8-20(24)9-7-19)12-14-25-16-18-4-10-21(26-3)11-5-18;1-22(2)18-23(14-16-26-22,20-7-5-4-6-8-20)13-15-24-17-19-9-11-21(25-3)12-10-19;1-21(2)17-22(13-15-25-21,19-8-10-20(23)11-9-19)12-14-24-16-18-6-4-3-5-7-18/h5-11,16,25H,12-15,17-18H2,1-4H3;5-13,20,25H,14-18H2,1-4H3;4-11,25H,12-17H2,1-3H3;4-12,24H,13-18H2,1-3H3;3-11,24H,12-17H2,1-2H3. The topological polar surface area (TPSA) is 143 Å². The van der Waals surface area contributed by atoms with Gasteiger partial charge in [0, 0.05) is 92.3 Å². The lowest BCUT2D eigenvalue weighted by atomic mass is 9.67. The average molecular weight is 1800 g/mol. The number of methoxy groups -OCH3 is 4. The summed E-state index contributed by atoms with van der Waals surface area (Å²) in [5.41, 5.74) is 14.5. The summed E-state index contributed by atoms with van der Waals surface area (Å²) < 4.78 is 78.0. The Morgan fingerprint density at radius 3 is 0.879 bits per heavy atom. The molecule has 10 aromatic rings. The molecule has 0 spiro atoms. The zero-order valence-electron chi connectivity index (χ0n) is 82.3. The largest absolute Gasteiger partial charge is 0.497 e. The van der Waals surface area contributed by atoms with E-state index in [1.165, 1.54) is 61.2 Å². The molecule has 15 rings (SSSR count). The molecule has 14 nitrogen and oxygen atoms in total. The maximum absolute atomic E-state index is 13.4. The van der Waals surface area contributed by atoms with E-state index in [0.717, 1.165) is 211 Å². The van der Waals surface area contributed by atoms with Crippen LogP contribution >= 0.6 is 0 Å². The SMILES string of the molecule is CC1(C)CC(CCNCc2ccccc2)(c2ccc(F)cc2)CCO1.COc1ccc(CNCCC2(c3ccc(F)cc3)CCOC(C)(C)C2)cc1.COc1ccc(CNCCC2(c3ccccc3)CCOC(C)(C)C2)cc1.COc1ccc(CNCCC2(c3ccccc3)CCOC(C)(C)C2)cc1OC.Cc1ccc(C2(CCNC(C)c3ccccc3)CCOC(C)(C)C2)cc1. The third kappa shape index (κ3) is 30.9. The molecule has 132 heavy (non-hydrogen) atoms. The summed E-state index contributed by atoms with van der Waals surface area (Å²) in [5, 5.41) is 18.1. The molecule has 10 aromatic carbocycles. The number of aryl methyl sites for hydroxylation is 1. The third-order valence-electron chi connectivity index (χ3n) is 27.9. The molecule has 0 aromatic heterocycles. The summed E-state index contributed by atoms with van der Waals surface area (Å²) >= 11 is 0. The van der Waals surface area contributed by atoms with E-state index in [-0.39, 0.29) is 66.7 Å². The van der Waals surface area contributed by atoms with Crippen molar-refractivity contribution in [1.82, 2.24) is 26.6 Å². The molecule has 16 heteroatoms. The quantitative estimate of drug-likeness (QED) is 0.0244. The van der Waals surface area contributed by atoms with Crippen LogP contribution in [0.3, 0.4) is 0 Å². The van der Waals surface area contributed by atoms with Crippen molar-refractivity contribution in [3.05, 3.63) is 334 Å². The highest BCUT2D eigenvalue weighted by atomic mass is 19.1. The second-order valence-corrected chi connectivity index (χ2v) is 40.6. The first kappa shape index (κ1) is 103.